The Labute approximate surface area is 437 Å². The summed E-state index contributed by atoms with van der Waals surface area (Å²) >= 11 is 0. The molecule has 1 amide bonds. The molecule has 1 heterocycles. The molecule has 0 aromatic heterocycles. The largest absolute Gasteiger partial charge is 0.394 e. The highest BCUT2D eigenvalue weighted by Crippen LogP contribution is 2.24. The van der Waals surface area contributed by atoms with Gasteiger partial charge in [0.05, 0.1) is 25.4 Å². The fraction of sp³-hybridized carbons (Fsp3) is 0.983. The molecule has 424 valence electrons. The van der Waals surface area contributed by atoms with Gasteiger partial charge in [0, 0.05) is 0 Å². The molecule has 0 aromatic carbocycles. The summed E-state index contributed by atoms with van der Waals surface area (Å²) in [5.74, 6) is -0.691. The lowest BCUT2D eigenvalue weighted by Crippen LogP contribution is -2.60. The Balaban J connectivity index is 2.18. The summed E-state index contributed by atoms with van der Waals surface area (Å²) in [6.07, 6.45) is 46.1. The first-order valence-electron chi connectivity index (χ1n) is 30.9. The van der Waals surface area contributed by atoms with E-state index in [-0.39, 0.29) is 6.42 Å². The maximum atomic E-state index is 13.1. The van der Waals surface area contributed by atoms with E-state index in [1.807, 2.05) is 0 Å². The maximum absolute atomic E-state index is 13.1. The van der Waals surface area contributed by atoms with Crippen molar-refractivity contribution in [2.45, 2.75) is 364 Å². The van der Waals surface area contributed by atoms with Crippen LogP contribution in [0, 0.1) is 0 Å². The van der Waals surface area contributed by atoms with Gasteiger partial charge in [-0.2, -0.15) is 0 Å². The van der Waals surface area contributed by atoms with Crippen molar-refractivity contribution in [3.63, 3.8) is 0 Å². The van der Waals surface area contributed by atoms with Crippen molar-refractivity contribution in [3.8, 4) is 0 Å². The molecule has 0 spiro atoms. The first kappa shape index (κ1) is 68.1. The fourth-order valence-electron chi connectivity index (χ4n) is 10.4. The number of rotatable bonds is 54. The molecular formula is C60H119NO10. The van der Waals surface area contributed by atoms with E-state index in [1.165, 1.54) is 231 Å². The van der Waals surface area contributed by atoms with Crippen molar-refractivity contribution in [2.24, 2.45) is 0 Å². The number of aliphatic hydroxyl groups is 7. The molecule has 1 aliphatic rings. The van der Waals surface area contributed by atoms with Gasteiger partial charge < -0.3 is 50.5 Å². The molecule has 1 rings (SSSR count). The molecule has 1 aliphatic heterocycles. The van der Waals surface area contributed by atoms with Crippen LogP contribution in [-0.4, -0.2) is 110 Å². The average molecular weight is 1010 g/mol. The maximum Gasteiger partial charge on any atom is 0.249 e. The van der Waals surface area contributed by atoms with E-state index in [0.717, 1.165) is 38.5 Å². The first-order valence-corrected chi connectivity index (χ1v) is 30.9. The van der Waals surface area contributed by atoms with Crippen LogP contribution in [0.1, 0.15) is 309 Å². The molecule has 11 nitrogen and oxygen atoms in total. The van der Waals surface area contributed by atoms with Gasteiger partial charge in [-0.05, 0) is 12.8 Å². The second-order valence-corrected chi connectivity index (χ2v) is 22.1. The highest BCUT2D eigenvalue weighted by molar-refractivity contribution is 5.80. The number of aliphatic hydroxyl groups excluding tert-OH is 7. The van der Waals surface area contributed by atoms with E-state index in [4.69, 9.17) is 9.47 Å². The number of ether oxygens (including phenoxy) is 2. The van der Waals surface area contributed by atoms with Gasteiger partial charge in [0.2, 0.25) is 5.91 Å². The molecule has 0 aliphatic carbocycles. The van der Waals surface area contributed by atoms with Gasteiger partial charge in [0.1, 0.15) is 36.6 Å². The van der Waals surface area contributed by atoms with Crippen LogP contribution in [-0.2, 0) is 14.3 Å². The number of hydrogen-bond donors (Lipinski definition) is 8. The summed E-state index contributed by atoms with van der Waals surface area (Å²) in [7, 11) is 0. The van der Waals surface area contributed by atoms with Crippen LogP contribution in [0.15, 0.2) is 0 Å². The predicted molar refractivity (Wildman–Crippen MR) is 293 cm³/mol. The Bertz CT molecular complexity index is 1120. The first-order chi connectivity index (χ1) is 34.7. The lowest BCUT2D eigenvalue weighted by Gasteiger charge is -2.40. The third-order valence-electron chi connectivity index (χ3n) is 15.4. The second-order valence-electron chi connectivity index (χ2n) is 22.1. The van der Waals surface area contributed by atoms with Gasteiger partial charge in [-0.3, -0.25) is 4.79 Å². The fourth-order valence-corrected chi connectivity index (χ4v) is 10.4. The van der Waals surface area contributed by atoms with Crippen LogP contribution >= 0.6 is 0 Å². The third-order valence-corrected chi connectivity index (χ3v) is 15.4. The molecule has 11 heteroatoms. The third kappa shape index (κ3) is 38.3. The number of nitrogens with one attached hydrogen (secondary N) is 1. The molecule has 0 radical (unpaired) electrons. The summed E-state index contributed by atoms with van der Waals surface area (Å²) in [5.41, 5.74) is 0. The van der Waals surface area contributed by atoms with Crippen LogP contribution in [0.4, 0.5) is 0 Å². The van der Waals surface area contributed by atoms with Crippen molar-refractivity contribution >= 4 is 5.91 Å². The standard InChI is InChI=1S/C60H119NO10/c1-3-5-7-9-11-13-15-17-18-19-20-21-22-23-24-25-26-27-28-29-30-31-32-33-34-36-37-39-41-43-45-47-52(63)55(65)51(50-70-60-58(68)57(67)56(66)54(49-62)71-60)61-59(69)53(64)48-46-44-42-40-38-35-16-14-12-10-8-6-4-2/h51-58,60,62-68H,3-50H2,1-2H3,(H,61,69). The number of carbonyl (C=O) groups excluding carboxylic acids is 1. The zero-order valence-electron chi connectivity index (χ0n) is 46.5. The summed E-state index contributed by atoms with van der Waals surface area (Å²) in [6.45, 7) is 3.49. The smallest absolute Gasteiger partial charge is 0.249 e. The topological polar surface area (TPSA) is 189 Å². The lowest BCUT2D eigenvalue weighted by atomic mass is 9.98. The summed E-state index contributed by atoms with van der Waals surface area (Å²) in [5, 5.41) is 76.1. The van der Waals surface area contributed by atoms with E-state index in [0.29, 0.717) is 19.3 Å². The van der Waals surface area contributed by atoms with Crippen LogP contribution in [0.3, 0.4) is 0 Å². The van der Waals surface area contributed by atoms with Crippen molar-refractivity contribution in [3.05, 3.63) is 0 Å². The van der Waals surface area contributed by atoms with E-state index in [9.17, 15) is 40.5 Å². The Kier molecular flexibility index (Phi) is 47.9. The zero-order chi connectivity index (χ0) is 51.8. The van der Waals surface area contributed by atoms with Crippen LogP contribution in [0.5, 0.6) is 0 Å². The van der Waals surface area contributed by atoms with Gasteiger partial charge in [-0.15, -0.1) is 0 Å². The summed E-state index contributed by atoms with van der Waals surface area (Å²) in [4.78, 5) is 13.1. The van der Waals surface area contributed by atoms with Crippen LogP contribution in [0.25, 0.3) is 0 Å². The van der Waals surface area contributed by atoms with Gasteiger partial charge in [0.15, 0.2) is 6.29 Å². The molecular weight excluding hydrogens is 895 g/mol. The summed E-state index contributed by atoms with van der Waals surface area (Å²) in [6, 6.07) is -1.16. The van der Waals surface area contributed by atoms with Crippen molar-refractivity contribution in [1.82, 2.24) is 5.32 Å². The monoisotopic (exact) mass is 1010 g/mol. The SMILES string of the molecule is CCCCCCCCCCCCCCCCCCCCCCCCCCCCCCCCCC(O)C(O)C(COC1OC(CO)C(O)C(O)C1O)NC(=O)C(O)CCCCCCCCCCCCCCC. The lowest BCUT2D eigenvalue weighted by molar-refractivity contribution is -0.303. The highest BCUT2D eigenvalue weighted by Gasteiger charge is 2.44. The number of carbonyl (C=O) groups is 1. The zero-order valence-corrected chi connectivity index (χ0v) is 46.5. The Hall–Kier alpha value is -0.890. The van der Waals surface area contributed by atoms with Crippen molar-refractivity contribution < 1.29 is 50.0 Å². The molecule has 71 heavy (non-hydrogen) atoms. The Morgan fingerprint density at radius 3 is 1.04 bits per heavy atom. The molecule has 0 aromatic rings. The highest BCUT2D eigenvalue weighted by atomic mass is 16.7. The van der Waals surface area contributed by atoms with Crippen molar-refractivity contribution in [1.29, 1.82) is 0 Å². The minimum absolute atomic E-state index is 0.266. The normalized spacial score (nSPS) is 20.0. The van der Waals surface area contributed by atoms with Crippen LogP contribution in [0.2, 0.25) is 0 Å². The minimum atomic E-state index is -1.66. The number of hydrogen-bond acceptors (Lipinski definition) is 10. The molecule has 0 bridgehead atoms. The molecule has 9 unspecified atom stereocenters. The van der Waals surface area contributed by atoms with Crippen molar-refractivity contribution in [2.75, 3.05) is 13.2 Å². The number of unbranched alkanes of at least 4 members (excludes halogenated alkanes) is 42. The van der Waals surface area contributed by atoms with Gasteiger partial charge in [0.25, 0.3) is 0 Å². The summed E-state index contributed by atoms with van der Waals surface area (Å²) < 4.78 is 11.1. The van der Waals surface area contributed by atoms with Gasteiger partial charge in [-0.1, -0.05) is 296 Å². The molecule has 1 fully saturated rings. The van der Waals surface area contributed by atoms with E-state index >= 15 is 0 Å². The van der Waals surface area contributed by atoms with E-state index in [1.54, 1.807) is 0 Å². The minimum Gasteiger partial charge on any atom is -0.394 e. The van der Waals surface area contributed by atoms with Gasteiger partial charge in [-0.25, -0.2) is 0 Å². The quantitative estimate of drug-likeness (QED) is 0.0272. The Morgan fingerprint density at radius 2 is 0.732 bits per heavy atom. The van der Waals surface area contributed by atoms with E-state index < -0.39 is 74.2 Å². The average Bonchev–Trinajstić information content (AvgIpc) is 3.37. The van der Waals surface area contributed by atoms with Gasteiger partial charge >= 0.3 is 0 Å². The predicted octanol–water partition coefficient (Wildman–Crippen LogP) is 13.4. The Morgan fingerprint density at radius 1 is 0.437 bits per heavy atom. The molecule has 8 N–H and O–H groups in total. The number of amides is 1. The van der Waals surface area contributed by atoms with E-state index in [2.05, 4.69) is 19.2 Å². The molecule has 0 saturated carbocycles. The second kappa shape index (κ2) is 50.0. The van der Waals surface area contributed by atoms with Crippen LogP contribution < -0.4 is 5.32 Å². The molecule has 1 saturated heterocycles. The molecule has 9 atom stereocenters.